The lowest BCUT2D eigenvalue weighted by Crippen LogP contribution is -2.22. The second-order valence-electron chi connectivity index (χ2n) is 3.56. The topological polar surface area (TPSA) is 83.5 Å². The molecule has 0 aromatic carbocycles. The third-order valence-electron chi connectivity index (χ3n) is 1.98. The van der Waals surface area contributed by atoms with Gasteiger partial charge in [-0.1, -0.05) is 23.4 Å². The minimum atomic E-state index is 0.0210. The highest BCUT2D eigenvalue weighted by Crippen LogP contribution is 2.04. The summed E-state index contributed by atoms with van der Waals surface area (Å²) in [5.74, 6) is 0.0210. The van der Waals surface area contributed by atoms with E-state index in [0.29, 0.717) is 12.2 Å². The number of pyridine rings is 1. The molecular weight excluding hydrogens is 204 g/mol. The number of nitrogens with zero attached hydrogens (tertiary/aromatic N) is 2. The van der Waals surface area contributed by atoms with Crippen molar-refractivity contribution in [2.75, 3.05) is 6.54 Å². The fourth-order valence-corrected chi connectivity index (χ4v) is 1.27. The smallest absolute Gasteiger partial charge is 0.189 e. The lowest BCUT2D eigenvalue weighted by Gasteiger charge is -2.08. The van der Waals surface area contributed by atoms with Gasteiger partial charge in [-0.15, -0.1) is 0 Å². The van der Waals surface area contributed by atoms with Crippen molar-refractivity contribution in [3.05, 3.63) is 41.7 Å². The lowest BCUT2D eigenvalue weighted by atomic mass is 10.1. The van der Waals surface area contributed by atoms with Gasteiger partial charge in [0.25, 0.3) is 0 Å². The largest absolute Gasteiger partial charge is 0.409 e. The summed E-state index contributed by atoms with van der Waals surface area (Å²) in [4.78, 5) is 4.07. The normalized spacial score (nSPS) is 11.4. The fourth-order valence-electron chi connectivity index (χ4n) is 1.27. The average molecular weight is 220 g/mol. The van der Waals surface area contributed by atoms with Crippen LogP contribution in [0.15, 0.2) is 35.6 Å². The molecule has 0 amide bonds. The van der Waals surface area contributed by atoms with Gasteiger partial charge < -0.3 is 16.3 Å². The second kappa shape index (κ2) is 5.87. The van der Waals surface area contributed by atoms with E-state index >= 15 is 0 Å². The molecule has 1 aromatic heterocycles. The van der Waals surface area contributed by atoms with Crippen LogP contribution in [-0.4, -0.2) is 22.6 Å². The van der Waals surface area contributed by atoms with Crippen molar-refractivity contribution >= 4 is 5.84 Å². The molecule has 5 nitrogen and oxygen atoms in total. The Balaban J connectivity index is 2.75. The number of hydrogen-bond acceptors (Lipinski definition) is 4. The maximum atomic E-state index is 8.61. The van der Waals surface area contributed by atoms with Crippen molar-refractivity contribution in [3.8, 4) is 0 Å². The first-order valence-corrected chi connectivity index (χ1v) is 4.92. The van der Waals surface area contributed by atoms with E-state index in [-0.39, 0.29) is 5.84 Å². The molecule has 1 aromatic rings. The molecule has 0 spiro atoms. The molecule has 0 aliphatic rings. The van der Waals surface area contributed by atoms with Crippen LogP contribution in [0.4, 0.5) is 0 Å². The van der Waals surface area contributed by atoms with Crippen molar-refractivity contribution in [1.82, 2.24) is 10.3 Å². The monoisotopic (exact) mass is 220 g/mol. The van der Waals surface area contributed by atoms with Crippen LogP contribution in [0.1, 0.15) is 18.2 Å². The summed E-state index contributed by atoms with van der Waals surface area (Å²) in [7, 11) is 0. The Morgan fingerprint density at radius 3 is 3.06 bits per heavy atom. The second-order valence-corrected chi connectivity index (χ2v) is 3.56. The molecule has 0 saturated heterocycles. The SMILES string of the molecule is C=C(C)CNCc1cccnc1/C(N)=N/O. The Hall–Kier alpha value is -1.88. The van der Waals surface area contributed by atoms with Gasteiger partial charge in [0.2, 0.25) is 0 Å². The van der Waals surface area contributed by atoms with Gasteiger partial charge in [0.15, 0.2) is 5.84 Å². The molecule has 4 N–H and O–H groups in total. The molecule has 0 radical (unpaired) electrons. The van der Waals surface area contributed by atoms with Crippen LogP contribution in [0.2, 0.25) is 0 Å². The van der Waals surface area contributed by atoms with Crippen molar-refractivity contribution in [1.29, 1.82) is 0 Å². The highest BCUT2D eigenvalue weighted by molar-refractivity contribution is 5.96. The van der Waals surface area contributed by atoms with Crippen molar-refractivity contribution in [2.24, 2.45) is 10.9 Å². The molecule has 0 fully saturated rings. The van der Waals surface area contributed by atoms with Crippen LogP contribution < -0.4 is 11.1 Å². The van der Waals surface area contributed by atoms with E-state index in [0.717, 1.165) is 17.7 Å². The lowest BCUT2D eigenvalue weighted by molar-refractivity contribution is 0.318. The van der Waals surface area contributed by atoms with E-state index in [9.17, 15) is 0 Å². The number of amidine groups is 1. The predicted molar refractivity (Wildman–Crippen MR) is 63.3 cm³/mol. The summed E-state index contributed by atoms with van der Waals surface area (Å²) >= 11 is 0. The van der Waals surface area contributed by atoms with Crippen molar-refractivity contribution < 1.29 is 5.21 Å². The Kier molecular flexibility index (Phi) is 4.47. The van der Waals surface area contributed by atoms with Crippen LogP contribution in [0.25, 0.3) is 0 Å². The molecule has 1 heterocycles. The van der Waals surface area contributed by atoms with Gasteiger partial charge in [-0.25, -0.2) is 0 Å². The Morgan fingerprint density at radius 2 is 2.44 bits per heavy atom. The van der Waals surface area contributed by atoms with Crippen LogP contribution in [0, 0.1) is 0 Å². The molecule has 0 bridgehead atoms. The number of hydrogen-bond donors (Lipinski definition) is 3. The molecule has 0 unspecified atom stereocenters. The highest BCUT2D eigenvalue weighted by Gasteiger charge is 2.07. The van der Waals surface area contributed by atoms with Gasteiger partial charge in [-0.2, -0.15) is 0 Å². The zero-order chi connectivity index (χ0) is 12.0. The molecular formula is C11H16N4O. The number of oxime groups is 1. The summed E-state index contributed by atoms with van der Waals surface area (Å²) in [6, 6.07) is 3.69. The Morgan fingerprint density at radius 1 is 1.69 bits per heavy atom. The molecule has 1 rings (SSSR count). The summed E-state index contributed by atoms with van der Waals surface area (Å²) in [6.45, 7) is 7.07. The van der Waals surface area contributed by atoms with Crippen LogP contribution >= 0.6 is 0 Å². The highest BCUT2D eigenvalue weighted by atomic mass is 16.4. The van der Waals surface area contributed by atoms with E-state index in [4.69, 9.17) is 10.9 Å². The van der Waals surface area contributed by atoms with E-state index in [1.165, 1.54) is 0 Å². The number of nitrogens with two attached hydrogens (primary N) is 1. The zero-order valence-electron chi connectivity index (χ0n) is 9.27. The van der Waals surface area contributed by atoms with Crippen LogP contribution in [0.5, 0.6) is 0 Å². The van der Waals surface area contributed by atoms with Gasteiger partial charge in [0.1, 0.15) is 5.69 Å². The third-order valence-corrected chi connectivity index (χ3v) is 1.98. The van der Waals surface area contributed by atoms with Gasteiger partial charge in [0.05, 0.1) is 0 Å². The van der Waals surface area contributed by atoms with Crippen molar-refractivity contribution in [3.63, 3.8) is 0 Å². The average Bonchev–Trinajstić information content (AvgIpc) is 2.28. The van der Waals surface area contributed by atoms with Crippen LogP contribution in [0.3, 0.4) is 0 Å². The standard InChI is InChI=1S/C11H16N4O/c1-8(2)6-13-7-9-4-3-5-14-10(9)11(12)15-16/h3-5,13,16H,1,6-7H2,2H3,(H2,12,15). The number of nitrogens with one attached hydrogen (secondary N) is 1. The number of rotatable bonds is 5. The van der Waals surface area contributed by atoms with Gasteiger partial charge in [-0.3, -0.25) is 4.98 Å². The first-order chi connectivity index (χ1) is 7.65. The molecule has 0 aliphatic carbocycles. The van der Waals surface area contributed by atoms with Crippen molar-refractivity contribution in [2.45, 2.75) is 13.5 Å². The molecule has 16 heavy (non-hydrogen) atoms. The molecule has 0 atom stereocenters. The Labute approximate surface area is 94.7 Å². The molecule has 0 saturated carbocycles. The van der Waals surface area contributed by atoms with Gasteiger partial charge in [0, 0.05) is 19.3 Å². The summed E-state index contributed by atoms with van der Waals surface area (Å²) in [5.41, 5.74) is 7.96. The van der Waals surface area contributed by atoms with E-state index in [1.54, 1.807) is 6.20 Å². The quantitative estimate of drug-likeness (QED) is 0.226. The molecule has 5 heteroatoms. The summed E-state index contributed by atoms with van der Waals surface area (Å²) in [5, 5.41) is 14.8. The predicted octanol–water partition coefficient (Wildman–Crippen LogP) is 0.842. The zero-order valence-corrected chi connectivity index (χ0v) is 9.27. The van der Waals surface area contributed by atoms with E-state index in [1.807, 2.05) is 19.1 Å². The fraction of sp³-hybridized carbons (Fsp3) is 0.273. The van der Waals surface area contributed by atoms with E-state index < -0.39 is 0 Å². The minimum Gasteiger partial charge on any atom is -0.409 e. The molecule has 86 valence electrons. The molecule has 0 aliphatic heterocycles. The third kappa shape index (κ3) is 3.36. The maximum Gasteiger partial charge on any atom is 0.189 e. The summed E-state index contributed by atoms with van der Waals surface area (Å²) in [6.07, 6.45) is 1.61. The first-order valence-electron chi connectivity index (χ1n) is 4.92. The van der Waals surface area contributed by atoms with Crippen LogP contribution in [-0.2, 0) is 6.54 Å². The first kappa shape index (κ1) is 12.2. The number of aromatic nitrogens is 1. The minimum absolute atomic E-state index is 0.0210. The van der Waals surface area contributed by atoms with E-state index in [2.05, 4.69) is 22.0 Å². The van der Waals surface area contributed by atoms with Gasteiger partial charge in [-0.05, 0) is 18.6 Å². The maximum absolute atomic E-state index is 8.61. The van der Waals surface area contributed by atoms with Gasteiger partial charge >= 0.3 is 0 Å². The Bertz CT molecular complexity index is 401. The summed E-state index contributed by atoms with van der Waals surface area (Å²) < 4.78 is 0.